The third kappa shape index (κ3) is 5.59. The lowest BCUT2D eigenvalue weighted by Gasteiger charge is -2.34. The molecule has 1 fully saturated rings. The van der Waals surface area contributed by atoms with Crippen LogP contribution in [0.4, 0.5) is 0 Å². The van der Waals surface area contributed by atoms with Crippen LogP contribution in [-0.2, 0) is 20.9 Å². The van der Waals surface area contributed by atoms with Gasteiger partial charge in [-0.1, -0.05) is 23.7 Å². The van der Waals surface area contributed by atoms with Gasteiger partial charge in [0.2, 0.25) is 5.91 Å². The highest BCUT2D eigenvalue weighted by atomic mass is 35.5. The fourth-order valence-electron chi connectivity index (χ4n) is 2.62. The lowest BCUT2D eigenvalue weighted by molar-refractivity contribution is -0.135. The van der Waals surface area contributed by atoms with Crippen molar-refractivity contribution in [3.8, 4) is 0 Å². The fourth-order valence-corrected chi connectivity index (χ4v) is 2.74. The summed E-state index contributed by atoms with van der Waals surface area (Å²) in [6.07, 6.45) is 1.56. The van der Waals surface area contributed by atoms with Crippen molar-refractivity contribution in [3.05, 3.63) is 34.9 Å². The second-order valence-corrected chi connectivity index (χ2v) is 6.70. The van der Waals surface area contributed by atoms with E-state index in [1.165, 1.54) is 0 Å². The normalized spacial score (nSPS) is 20.6. The van der Waals surface area contributed by atoms with E-state index in [9.17, 15) is 4.79 Å². The van der Waals surface area contributed by atoms with Crippen LogP contribution in [-0.4, -0.2) is 31.3 Å². The van der Waals surface area contributed by atoms with Crippen LogP contribution < -0.4 is 5.32 Å². The van der Waals surface area contributed by atoms with Crippen LogP contribution in [0.1, 0.15) is 32.3 Å². The summed E-state index contributed by atoms with van der Waals surface area (Å²) in [6, 6.07) is 7.56. The Bertz CT molecular complexity index is 487. The first-order chi connectivity index (χ1) is 10.5. The molecule has 1 atom stereocenters. The summed E-state index contributed by atoms with van der Waals surface area (Å²) >= 11 is 5.83. The van der Waals surface area contributed by atoms with Gasteiger partial charge in [-0.2, -0.15) is 0 Å². The Morgan fingerprint density at radius 1 is 1.41 bits per heavy atom. The number of hydrogen-bond acceptors (Lipinski definition) is 3. The van der Waals surface area contributed by atoms with E-state index >= 15 is 0 Å². The molecule has 0 bridgehead atoms. The second-order valence-electron chi connectivity index (χ2n) is 6.27. The predicted octanol–water partition coefficient (Wildman–Crippen LogP) is 3.18. The van der Waals surface area contributed by atoms with Crippen molar-refractivity contribution in [2.45, 2.75) is 38.9 Å². The molecule has 1 heterocycles. The summed E-state index contributed by atoms with van der Waals surface area (Å²) in [5, 5.41) is 3.66. The molecule has 1 aromatic carbocycles. The molecule has 2 rings (SSSR count). The molecule has 4 nitrogen and oxygen atoms in total. The topological polar surface area (TPSA) is 47.6 Å². The minimum atomic E-state index is -0.203. The van der Waals surface area contributed by atoms with Crippen molar-refractivity contribution in [1.82, 2.24) is 5.32 Å². The number of halogens is 1. The standard InChI is InChI=1S/C17H24ClNO3/c1-17(2)11-14(7-9-22-17)16(20)19-8-10-21-12-13-3-5-15(18)6-4-13/h3-6,14H,7-12H2,1-2H3,(H,19,20)/t14-/m0/s1. The molecule has 1 aliphatic rings. The lowest BCUT2D eigenvalue weighted by atomic mass is 9.88. The Morgan fingerprint density at radius 2 is 2.14 bits per heavy atom. The molecule has 1 N–H and O–H groups in total. The van der Waals surface area contributed by atoms with Crippen LogP contribution in [0.3, 0.4) is 0 Å². The average Bonchev–Trinajstić information content (AvgIpc) is 2.47. The molecule has 1 saturated heterocycles. The van der Waals surface area contributed by atoms with Gasteiger partial charge in [-0.05, 0) is 44.4 Å². The lowest BCUT2D eigenvalue weighted by Crippen LogP contribution is -2.42. The van der Waals surface area contributed by atoms with Crippen molar-refractivity contribution in [2.24, 2.45) is 5.92 Å². The second kappa shape index (κ2) is 7.95. The van der Waals surface area contributed by atoms with Crippen molar-refractivity contribution in [2.75, 3.05) is 19.8 Å². The molecule has 0 unspecified atom stereocenters. The smallest absolute Gasteiger partial charge is 0.223 e. The monoisotopic (exact) mass is 325 g/mol. The zero-order chi connectivity index (χ0) is 16.0. The molecule has 0 saturated carbocycles. The number of nitrogens with one attached hydrogen (secondary N) is 1. The van der Waals surface area contributed by atoms with Crippen LogP contribution in [0.25, 0.3) is 0 Å². The van der Waals surface area contributed by atoms with E-state index < -0.39 is 0 Å². The first kappa shape index (κ1) is 17.3. The molecule has 122 valence electrons. The largest absolute Gasteiger partial charge is 0.376 e. The van der Waals surface area contributed by atoms with Gasteiger partial charge < -0.3 is 14.8 Å². The number of carbonyl (C=O) groups is 1. The Balaban J connectivity index is 1.62. The molecule has 0 radical (unpaired) electrons. The summed E-state index contributed by atoms with van der Waals surface area (Å²) < 4.78 is 11.2. The minimum Gasteiger partial charge on any atom is -0.376 e. The van der Waals surface area contributed by atoms with Gasteiger partial charge in [0.1, 0.15) is 0 Å². The molecule has 1 aliphatic heterocycles. The Morgan fingerprint density at radius 3 is 2.82 bits per heavy atom. The van der Waals surface area contributed by atoms with E-state index in [1.54, 1.807) is 0 Å². The van der Waals surface area contributed by atoms with Crippen LogP contribution in [0.2, 0.25) is 5.02 Å². The van der Waals surface area contributed by atoms with E-state index in [1.807, 2.05) is 38.1 Å². The maximum Gasteiger partial charge on any atom is 0.223 e. The Hall–Kier alpha value is -1.10. The zero-order valence-corrected chi connectivity index (χ0v) is 14.0. The van der Waals surface area contributed by atoms with Crippen LogP contribution in [0.15, 0.2) is 24.3 Å². The molecule has 1 amide bonds. The third-order valence-corrected chi connectivity index (χ3v) is 4.05. The molecule has 0 aliphatic carbocycles. The van der Waals surface area contributed by atoms with Gasteiger partial charge in [-0.3, -0.25) is 4.79 Å². The predicted molar refractivity (Wildman–Crippen MR) is 86.9 cm³/mol. The number of hydrogen-bond donors (Lipinski definition) is 1. The average molecular weight is 326 g/mol. The third-order valence-electron chi connectivity index (χ3n) is 3.80. The number of benzene rings is 1. The SMILES string of the molecule is CC1(C)C[C@@H](C(=O)NCCOCc2ccc(Cl)cc2)CCO1. The zero-order valence-electron chi connectivity index (χ0n) is 13.2. The summed E-state index contributed by atoms with van der Waals surface area (Å²) in [5.41, 5.74) is 0.868. The molecule has 0 spiro atoms. The van der Waals surface area contributed by atoms with E-state index in [2.05, 4.69) is 5.32 Å². The van der Waals surface area contributed by atoms with Gasteiger partial charge in [-0.25, -0.2) is 0 Å². The van der Waals surface area contributed by atoms with Gasteiger partial charge in [0.05, 0.1) is 18.8 Å². The molecule has 22 heavy (non-hydrogen) atoms. The summed E-state index contributed by atoms with van der Waals surface area (Å²) in [7, 11) is 0. The minimum absolute atomic E-state index is 0.0417. The summed E-state index contributed by atoms with van der Waals surface area (Å²) in [4.78, 5) is 12.1. The van der Waals surface area contributed by atoms with Gasteiger partial charge in [0.25, 0.3) is 0 Å². The van der Waals surface area contributed by atoms with E-state index in [4.69, 9.17) is 21.1 Å². The summed E-state index contributed by atoms with van der Waals surface area (Å²) in [6.45, 7) is 6.27. The first-order valence-corrected chi connectivity index (χ1v) is 8.08. The Labute approximate surface area is 137 Å². The highest BCUT2D eigenvalue weighted by Gasteiger charge is 2.32. The van der Waals surface area contributed by atoms with E-state index in [-0.39, 0.29) is 17.4 Å². The molecule has 0 aromatic heterocycles. The number of rotatable bonds is 6. The molecular formula is C17H24ClNO3. The van der Waals surface area contributed by atoms with E-state index in [0.717, 1.165) is 23.4 Å². The van der Waals surface area contributed by atoms with Gasteiger partial charge in [0, 0.05) is 24.1 Å². The first-order valence-electron chi connectivity index (χ1n) is 7.70. The van der Waals surface area contributed by atoms with Crippen LogP contribution in [0.5, 0.6) is 0 Å². The quantitative estimate of drug-likeness (QED) is 0.817. The molecule has 5 heteroatoms. The van der Waals surface area contributed by atoms with Crippen LogP contribution >= 0.6 is 11.6 Å². The number of amides is 1. The maximum atomic E-state index is 12.1. The van der Waals surface area contributed by atoms with Gasteiger partial charge in [-0.15, -0.1) is 0 Å². The number of carbonyl (C=O) groups excluding carboxylic acids is 1. The van der Waals surface area contributed by atoms with Crippen molar-refractivity contribution in [1.29, 1.82) is 0 Å². The highest BCUT2D eigenvalue weighted by molar-refractivity contribution is 6.30. The van der Waals surface area contributed by atoms with Crippen molar-refractivity contribution < 1.29 is 14.3 Å². The molecular weight excluding hydrogens is 302 g/mol. The van der Waals surface area contributed by atoms with Crippen molar-refractivity contribution >= 4 is 17.5 Å². The van der Waals surface area contributed by atoms with E-state index in [0.29, 0.717) is 26.4 Å². The van der Waals surface area contributed by atoms with Crippen LogP contribution in [0, 0.1) is 5.92 Å². The van der Waals surface area contributed by atoms with Crippen molar-refractivity contribution in [3.63, 3.8) is 0 Å². The fraction of sp³-hybridized carbons (Fsp3) is 0.588. The highest BCUT2D eigenvalue weighted by Crippen LogP contribution is 2.28. The van der Waals surface area contributed by atoms with Gasteiger partial charge in [0.15, 0.2) is 0 Å². The Kier molecular flexibility index (Phi) is 6.24. The molecule has 1 aromatic rings. The summed E-state index contributed by atoms with van der Waals surface area (Å²) in [5.74, 6) is 0.145. The maximum absolute atomic E-state index is 12.1. The number of ether oxygens (including phenoxy) is 2. The van der Waals surface area contributed by atoms with Gasteiger partial charge >= 0.3 is 0 Å².